The highest BCUT2D eigenvalue weighted by atomic mass is 15.5. The maximum atomic E-state index is 5.66. The van der Waals surface area contributed by atoms with Gasteiger partial charge in [0.05, 0.1) is 5.70 Å². The molecule has 0 aliphatic heterocycles. The quantitative estimate of drug-likeness (QED) is 0.150. The Hall–Kier alpha value is -1.95. The van der Waals surface area contributed by atoms with E-state index in [1.54, 1.807) is 18.2 Å². The van der Waals surface area contributed by atoms with Crippen molar-refractivity contribution in [3.8, 4) is 0 Å². The molecule has 70 valence electrons. The highest BCUT2D eigenvalue weighted by molar-refractivity contribution is 5.98. The van der Waals surface area contributed by atoms with E-state index < -0.39 is 0 Å². The zero-order valence-electron chi connectivity index (χ0n) is 6.99. The van der Waals surface area contributed by atoms with Crippen LogP contribution in [0.15, 0.2) is 40.3 Å². The molecule has 0 aromatic heterocycles. The van der Waals surface area contributed by atoms with Crippen LogP contribution in [0.25, 0.3) is 0 Å². The lowest BCUT2D eigenvalue weighted by Gasteiger charge is -2.04. The smallest absolute Gasteiger partial charge is 0.168 e. The Balaban J connectivity index is 2.99. The van der Waals surface area contributed by atoms with E-state index >= 15 is 0 Å². The van der Waals surface area contributed by atoms with Gasteiger partial charge in [-0.2, -0.15) is 0 Å². The monoisotopic (exact) mass is 180 g/mol. The molecule has 0 aromatic rings. The summed E-state index contributed by atoms with van der Waals surface area (Å²) in [5.74, 6) is 5.05. The van der Waals surface area contributed by atoms with Gasteiger partial charge in [-0.1, -0.05) is 12.2 Å². The topological polar surface area (TPSA) is 128 Å². The van der Waals surface area contributed by atoms with Gasteiger partial charge in [-0.15, -0.1) is 5.10 Å². The van der Waals surface area contributed by atoms with Gasteiger partial charge >= 0.3 is 0 Å². The first kappa shape index (κ1) is 9.14. The number of nitrogens with zero attached hydrogens (tertiary/aromatic N) is 1. The predicted molar refractivity (Wildman–Crippen MR) is 51.6 cm³/mol. The summed E-state index contributed by atoms with van der Waals surface area (Å²) >= 11 is 0. The lowest BCUT2D eigenvalue weighted by molar-refractivity contribution is 0.802. The van der Waals surface area contributed by atoms with Gasteiger partial charge in [0.25, 0.3) is 0 Å². The average Bonchev–Trinajstić information content (AvgIpc) is 2.50. The van der Waals surface area contributed by atoms with Crippen LogP contribution in [0.4, 0.5) is 0 Å². The van der Waals surface area contributed by atoms with Gasteiger partial charge in [-0.25, -0.2) is 11.4 Å². The van der Waals surface area contributed by atoms with E-state index in [9.17, 15) is 0 Å². The van der Waals surface area contributed by atoms with Crippen molar-refractivity contribution in [2.24, 2.45) is 28.1 Å². The molecular weight excluding hydrogens is 168 g/mol. The first-order valence-electron chi connectivity index (χ1n) is 3.60. The maximum absolute atomic E-state index is 5.66. The number of rotatable bonds is 2. The molecule has 0 bridgehead atoms. The van der Waals surface area contributed by atoms with Crippen LogP contribution in [0, 0.1) is 0 Å². The number of hydrazone groups is 1. The van der Waals surface area contributed by atoms with E-state index in [0.717, 1.165) is 0 Å². The molecule has 0 amide bonds. The number of hydrazine groups is 1. The molecule has 6 heteroatoms. The fourth-order valence-electron chi connectivity index (χ4n) is 0.947. The van der Waals surface area contributed by atoms with Crippen molar-refractivity contribution in [1.29, 1.82) is 0 Å². The minimum absolute atomic E-state index is 0.111. The summed E-state index contributed by atoms with van der Waals surface area (Å²) in [6, 6.07) is 0. The van der Waals surface area contributed by atoms with Crippen molar-refractivity contribution in [2.75, 3.05) is 0 Å². The Labute approximate surface area is 75.6 Å². The largest absolute Gasteiger partial charge is 0.398 e. The summed E-state index contributed by atoms with van der Waals surface area (Å²) in [6.45, 7) is 0. The Kier molecular flexibility index (Phi) is 2.56. The van der Waals surface area contributed by atoms with Crippen LogP contribution in [0.1, 0.15) is 0 Å². The van der Waals surface area contributed by atoms with Crippen LogP contribution >= 0.6 is 0 Å². The van der Waals surface area contributed by atoms with Crippen molar-refractivity contribution in [1.82, 2.24) is 5.53 Å². The molecule has 9 N–H and O–H groups in total. The maximum Gasteiger partial charge on any atom is 0.168 e. The molecule has 6 nitrogen and oxygen atoms in total. The Bertz CT molecular complexity index is 322. The summed E-state index contributed by atoms with van der Waals surface area (Å²) in [5, 5.41) is 3.53. The second-order valence-corrected chi connectivity index (χ2v) is 2.43. The van der Waals surface area contributed by atoms with Gasteiger partial charge in [-0.3, -0.25) is 0 Å². The lowest BCUT2D eigenvalue weighted by Crippen LogP contribution is -2.28. The van der Waals surface area contributed by atoms with E-state index in [-0.39, 0.29) is 5.84 Å². The number of nitrogens with one attached hydrogen (secondary N) is 1. The molecule has 1 aliphatic rings. The van der Waals surface area contributed by atoms with E-state index in [2.05, 4.69) is 10.6 Å². The summed E-state index contributed by atoms with van der Waals surface area (Å²) < 4.78 is 0. The van der Waals surface area contributed by atoms with Crippen LogP contribution in [-0.4, -0.2) is 5.84 Å². The molecule has 0 saturated heterocycles. The molecule has 0 radical (unpaired) electrons. The SMILES string of the molecule is NNN=C(N)C(N)=C1C=CC=C1N. The van der Waals surface area contributed by atoms with Crippen molar-refractivity contribution in [3.63, 3.8) is 0 Å². The average molecular weight is 180 g/mol. The number of allylic oxidation sites excluding steroid dienone is 3. The van der Waals surface area contributed by atoms with Gasteiger partial charge in [0.2, 0.25) is 0 Å². The third-order valence-electron chi connectivity index (χ3n) is 1.60. The van der Waals surface area contributed by atoms with Crippen molar-refractivity contribution in [3.05, 3.63) is 35.2 Å². The number of hydrogen-bond acceptors (Lipinski definition) is 5. The van der Waals surface area contributed by atoms with Crippen molar-refractivity contribution < 1.29 is 0 Å². The van der Waals surface area contributed by atoms with Crippen molar-refractivity contribution >= 4 is 5.84 Å². The normalized spacial score (nSPS) is 20.1. The van der Waals surface area contributed by atoms with E-state index in [0.29, 0.717) is 17.0 Å². The molecule has 0 heterocycles. The van der Waals surface area contributed by atoms with Crippen LogP contribution in [0.2, 0.25) is 0 Å². The third kappa shape index (κ3) is 1.79. The molecule has 1 rings (SSSR count). The second kappa shape index (κ2) is 3.63. The van der Waals surface area contributed by atoms with Crippen LogP contribution < -0.4 is 28.6 Å². The molecule has 0 atom stereocenters. The zero-order valence-corrected chi connectivity index (χ0v) is 6.99. The van der Waals surface area contributed by atoms with Gasteiger partial charge in [0.1, 0.15) is 0 Å². The van der Waals surface area contributed by atoms with E-state index in [4.69, 9.17) is 23.0 Å². The summed E-state index contributed by atoms with van der Waals surface area (Å²) in [4.78, 5) is 0. The first-order valence-corrected chi connectivity index (χ1v) is 3.60. The number of nitrogens with two attached hydrogens (primary N) is 4. The van der Waals surface area contributed by atoms with Gasteiger partial charge in [0, 0.05) is 11.3 Å². The summed E-state index contributed by atoms with van der Waals surface area (Å²) in [5.41, 5.74) is 20.3. The van der Waals surface area contributed by atoms with Gasteiger partial charge < -0.3 is 17.2 Å². The molecule has 0 spiro atoms. The fraction of sp³-hybridized carbons (Fsp3) is 0. The predicted octanol–water partition coefficient (Wildman–Crippen LogP) is -1.65. The van der Waals surface area contributed by atoms with Gasteiger partial charge in [-0.05, 0) is 6.08 Å². The lowest BCUT2D eigenvalue weighted by atomic mass is 10.2. The summed E-state index contributed by atoms with van der Waals surface area (Å²) in [7, 11) is 0. The fourth-order valence-corrected chi connectivity index (χ4v) is 0.947. The van der Waals surface area contributed by atoms with Crippen molar-refractivity contribution in [2.45, 2.75) is 0 Å². The number of amidine groups is 1. The molecule has 1 aliphatic carbocycles. The van der Waals surface area contributed by atoms with Crippen LogP contribution in [-0.2, 0) is 0 Å². The Morgan fingerprint density at radius 2 is 2.08 bits per heavy atom. The molecule has 0 saturated carbocycles. The molecular formula is C7H12N6. The van der Waals surface area contributed by atoms with Crippen LogP contribution in [0.5, 0.6) is 0 Å². The minimum atomic E-state index is 0.111. The molecule has 0 fully saturated rings. The van der Waals surface area contributed by atoms with Crippen LogP contribution in [0.3, 0.4) is 0 Å². The Morgan fingerprint density at radius 1 is 1.38 bits per heavy atom. The van der Waals surface area contributed by atoms with Gasteiger partial charge in [0.15, 0.2) is 5.84 Å². The number of hydrogen-bond donors (Lipinski definition) is 5. The molecule has 0 unspecified atom stereocenters. The molecule has 0 aromatic carbocycles. The van der Waals surface area contributed by atoms with E-state index in [1.807, 2.05) is 0 Å². The van der Waals surface area contributed by atoms with E-state index in [1.165, 1.54) is 0 Å². The highest BCUT2D eigenvalue weighted by Gasteiger charge is 2.09. The third-order valence-corrected chi connectivity index (χ3v) is 1.60. The Morgan fingerprint density at radius 3 is 2.54 bits per heavy atom. The highest BCUT2D eigenvalue weighted by Crippen LogP contribution is 2.15. The minimum Gasteiger partial charge on any atom is -0.398 e. The second-order valence-electron chi connectivity index (χ2n) is 2.43. The standard InChI is InChI=1S/C7H12N6/c8-5-3-1-2-4(5)6(9)7(10)12-13-11/h1-3,13H,8-9,11H2,(H2,10,12). The first-order chi connectivity index (χ1) is 6.16. The molecule has 13 heavy (non-hydrogen) atoms. The summed E-state index contributed by atoms with van der Waals surface area (Å²) in [6.07, 6.45) is 5.26. The zero-order chi connectivity index (χ0) is 9.84.